The van der Waals surface area contributed by atoms with Crippen LogP contribution in [0.15, 0.2) is 18.2 Å². The maximum atomic E-state index is 11.9. The standard InChI is InChI=1S/C12H12ClNO5/c13-7-1-2-9(8(5-7)12(16)17)14-11(15)10-6-18-3-4-19-10/h1-2,5,10H,3-4,6H2,(H,14,15)(H,16,17). The number of amides is 1. The second-order valence-corrected chi connectivity index (χ2v) is 4.36. The van der Waals surface area contributed by atoms with E-state index in [1.807, 2.05) is 0 Å². The number of benzene rings is 1. The van der Waals surface area contributed by atoms with Gasteiger partial charge in [0.05, 0.1) is 31.1 Å². The molecule has 1 aromatic carbocycles. The summed E-state index contributed by atoms with van der Waals surface area (Å²) in [6.45, 7) is 0.942. The Kier molecular flexibility index (Phi) is 4.36. The van der Waals surface area contributed by atoms with Crippen molar-refractivity contribution in [1.29, 1.82) is 0 Å². The van der Waals surface area contributed by atoms with Gasteiger partial charge in [0.1, 0.15) is 0 Å². The summed E-state index contributed by atoms with van der Waals surface area (Å²) in [4.78, 5) is 23.0. The Bertz CT molecular complexity index is 499. The van der Waals surface area contributed by atoms with Gasteiger partial charge < -0.3 is 19.9 Å². The number of carboxylic acid groups (broad SMARTS) is 1. The smallest absolute Gasteiger partial charge is 0.337 e. The molecule has 2 rings (SSSR count). The predicted octanol–water partition coefficient (Wildman–Crippen LogP) is 1.39. The number of aromatic carboxylic acids is 1. The van der Waals surface area contributed by atoms with Crippen molar-refractivity contribution in [2.24, 2.45) is 0 Å². The van der Waals surface area contributed by atoms with Crippen LogP contribution >= 0.6 is 11.6 Å². The van der Waals surface area contributed by atoms with E-state index in [9.17, 15) is 9.59 Å². The summed E-state index contributed by atoms with van der Waals surface area (Å²) in [5, 5.41) is 11.8. The van der Waals surface area contributed by atoms with E-state index in [2.05, 4.69) is 5.32 Å². The summed E-state index contributed by atoms with van der Waals surface area (Å²) in [5.41, 5.74) is 0.105. The maximum Gasteiger partial charge on any atom is 0.337 e. The predicted molar refractivity (Wildman–Crippen MR) is 67.6 cm³/mol. The fourth-order valence-electron chi connectivity index (χ4n) is 1.65. The molecule has 1 heterocycles. The first kappa shape index (κ1) is 13.8. The van der Waals surface area contributed by atoms with Gasteiger partial charge >= 0.3 is 5.97 Å². The van der Waals surface area contributed by atoms with Crippen LogP contribution in [0.2, 0.25) is 5.02 Å². The molecule has 0 aromatic heterocycles. The van der Waals surface area contributed by atoms with Gasteiger partial charge in [0.25, 0.3) is 5.91 Å². The largest absolute Gasteiger partial charge is 0.478 e. The van der Waals surface area contributed by atoms with Crippen molar-refractivity contribution in [1.82, 2.24) is 0 Å². The van der Waals surface area contributed by atoms with Gasteiger partial charge in [-0.05, 0) is 18.2 Å². The fraction of sp³-hybridized carbons (Fsp3) is 0.333. The average Bonchev–Trinajstić information content (AvgIpc) is 2.41. The molecule has 6 nitrogen and oxygen atoms in total. The van der Waals surface area contributed by atoms with E-state index in [0.717, 1.165) is 0 Å². The number of halogens is 1. The SMILES string of the molecule is O=C(O)c1cc(Cl)ccc1NC(=O)C1COCCO1. The average molecular weight is 286 g/mol. The lowest BCUT2D eigenvalue weighted by atomic mass is 10.1. The number of nitrogens with one attached hydrogen (secondary N) is 1. The summed E-state index contributed by atoms with van der Waals surface area (Å²) in [7, 11) is 0. The molecule has 0 radical (unpaired) electrons. The van der Waals surface area contributed by atoms with Crippen LogP contribution in [0.3, 0.4) is 0 Å². The molecular weight excluding hydrogens is 274 g/mol. The first-order valence-corrected chi connectivity index (χ1v) is 5.99. The fourth-order valence-corrected chi connectivity index (χ4v) is 1.83. The van der Waals surface area contributed by atoms with Gasteiger partial charge in [0, 0.05) is 5.02 Å². The Labute approximate surface area is 114 Å². The highest BCUT2D eigenvalue weighted by Gasteiger charge is 2.24. The first-order valence-electron chi connectivity index (χ1n) is 5.61. The Morgan fingerprint density at radius 1 is 1.37 bits per heavy atom. The minimum Gasteiger partial charge on any atom is -0.478 e. The zero-order valence-electron chi connectivity index (χ0n) is 9.89. The normalized spacial score (nSPS) is 18.9. The molecule has 1 aliphatic rings. The highest BCUT2D eigenvalue weighted by atomic mass is 35.5. The third-order valence-corrected chi connectivity index (χ3v) is 2.81. The second-order valence-electron chi connectivity index (χ2n) is 3.92. The zero-order chi connectivity index (χ0) is 13.8. The van der Waals surface area contributed by atoms with E-state index < -0.39 is 18.0 Å². The maximum absolute atomic E-state index is 11.9. The lowest BCUT2D eigenvalue weighted by Gasteiger charge is -2.22. The van der Waals surface area contributed by atoms with Crippen molar-refractivity contribution in [3.05, 3.63) is 28.8 Å². The van der Waals surface area contributed by atoms with E-state index in [-0.39, 0.29) is 22.9 Å². The number of ether oxygens (including phenoxy) is 2. The molecule has 19 heavy (non-hydrogen) atoms. The quantitative estimate of drug-likeness (QED) is 0.877. The molecule has 1 saturated heterocycles. The Balaban J connectivity index is 2.13. The van der Waals surface area contributed by atoms with Crippen LogP contribution in [-0.2, 0) is 14.3 Å². The number of hydrogen-bond acceptors (Lipinski definition) is 4. The Morgan fingerprint density at radius 3 is 2.79 bits per heavy atom. The van der Waals surface area contributed by atoms with Crippen molar-refractivity contribution in [2.75, 3.05) is 25.1 Å². The molecule has 1 aliphatic heterocycles. The molecule has 1 unspecified atom stereocenters. The molecule has 1 aromatic rings. The van der Waals surface area contributed by atoms with Crippen LogP contribution in [-0.4, -0.2) is 42.9 Å². The van der Waals surface area contributed by atoms with E-state index in [1.165, 1.54) is 18.2 Å². The van der Waals surface area contributed by atoms with E-state index >= 15 is 0 Å². The van der Waals surface area contributed by atoms with E-state index in [1.54, 1.807) is 0 Å². The van der Waals surface area contributed by atoms with Gasteiger partial charge in [-0.1, -0.05) is 11.6 Å². The van der Waals surface area contributed by atoms with Crippen LogP contribution in [0.4, 0.5) is 5.69 Å². The molecule has 0 saturated carbocycles. The summed E-state index contributed by atoms with van der Waals surface area (Å²) >= 11 is 5.73. The molecule has 0 aliphatic carbocycles. The number of carboxylic acids is 1. The van der Waals surface area contributed by atoms with Crippen LogP contribution < -0.4 is 5.32 Å². The third kappa shape index (κ3) is 3.44. The van der Waals surface area contributed by atoms with E-state index in [0.29, 0.717) is 13.2 Å². The number of carbonyl (C=O) groups excluding carboxylic acids is 1. The molecule has 0 bridgehead atoms. The topological polar surface area (TPSA) is 84.9 Å². The van der Waals surface area contributed by atoms with Crippen molar-refractivity contribution < 1.29 is 24.2 Å². The molecule has 1 fully saturated rings. The van der Waals surface area contributed by atoms with Gasteiger partial charge in [-0.2, -0.15) is 0 Å². The monoisotopic (exact) mass is 285 g/mol. The third-order valence-electron chi connectivity index (χ3n) is 2.58. The molecular formula is C12H12ClNO5. The van der Waals surface area contributed by atoms with Gasteiger partial charge in [-0.25, -0.2) is 4.79 Å². The van der Waals surface area contributed by atoms with Gasteiger partial charge in [0.15, 0.2) is 6.10 Å². The van der Waals surface area contributed by atoms with Crippen LogP contribution in [0.1, 0.15) is 10.4 Å². The van der Waals surface area contributed by atoms with Gasteiger partial charge in [-0.3, -0.25) is 4.79 Å². The lowest BCUT2D eigenvalue weighted by molar-refractivity contribution is -0.142. The van der Waals surface area contributed by atoms with Crippen molar-refractivity contribution in [2.45, 2.75) is 6.10 Å². The summed E-state index contributed by atoms with van der Waals surface area (Å²) < 4.78 is 10.3. The summed E-state index contributed by atoms with van der Waals surface area (Å²) in [5.74, 6) is -1.61. The first-order chi connectivity index (χ1) is 9.08. The minimum atomic E-state index is -1.17. The van der Waals surface area contributed by atoms with Gasteiger partial charge in [-0.15, -0.1) is 0 Å². The summed E-state index contributed by atoms with van der Waals surface area (Å²) in [6.07, 6.45) is -0.730. The Hall–Kier alpha value is -1.63. The number of hydrogen-bond donors (Lipinski definition) is 2. The van der Waals surface area contributed by atoms with Gasteiger partial charge in [0.2, 0.25) is 0 Å². The summed E-state index contributed by atoms with van der Waals surface area (Å²) in [6, 6.07) is 4.22. The molecule has 2 N–H and O–H groups in total. The molecule has 1 atom stereocenters. The van der Waals surface area contributed by atoms with Crippen LogP contribution in [0.5, 0.6) is 0 Å². The zero-order valence-corrected chi connectivity index (χ0v) is 10.6. The van der Waals surface area contributed by atoms with Crippen LogP contribution in [0, 0.1) is 0 Å². The molecule has 102 valence electrons. The molecule has 0 spiro atoms. The number of carbonyl (C=O) groups is 2. The minimum absolute atomic E-state index is 0.0717. The highest BCUT2D eigenvalue weighted by Crippen LogP contribution is 2.21. The second kappa shape index (κ2) is 6.01. The highest BCUT2D eigenvalue weighted by molar-refractivity contribution is 6.31. The number of anilines is 1. The lowest BCUT2D eigenvalue weighted by Crippen LogP contribution is -2.39. The van der Waals surface area contributed by atoms with E-state index in [4.69, 9.17) is 26.2 Å². The van der Waals surface area contributed by atoms with Crippen LogP contribution in [0.25, 0.3) is 0 Å². The number of rotatable bonds is 3. The Morgan fingerprint density at radius 2 is 2.16 bits per heavy atom. The van der Waals surface area contributed by atoms with Crippen molar-refractivity contribution in [3.63, 3.8) is 0 Å². The molecule has 7 heteroatoms. The van der Waals surface area contributed by atoms with Crippen molar-refractivity contribution in [3.8, 4) is 0 Å². The molecule has 1 amide bonds. The van der Waals surface area contributed by atoms with Crippen molar-refractivity contribution >= 4 is 29.2 Å².